The van der Waals surface area contributed by atoms with Crippen molar-refractivity contribution in [2.45, 2.75) is 25.9 Å². The summed E-state index contributed by atoms with van der Waals surface area (Å²) in [5, 5.41) is 5.35. The van der Waals surface area contributed by atoms with Crippen LogP contribution >= 0.6 is 23.2 Å². The van der Waals surface area contributed by atoms with Crippen molar-refractivity contribution in [2.75, 3.05) is 6.54 Å². The van der Waals surface area contributed by atoms with Gasteiger partial charge in [0.25, 0.3) is 12.3 Å². The monoisotopic (exact) mass is 426 g/mol. The third-order valence-corrected chi connectivity index (χ3v) is 3.32. The number of carbonyl (C=O) groups excluding carboxylic acids is 1. The molecular weight excluding hydrogens is 411 g/mol. The van der Waals surface area contributed by atoms with Crippen LogP contribution in [0.4, 0.5) is 17.6 Å². The number of alkyl halides is 4. The Morgan fingerprint density at radius 2 is 1.44 bits per heavy atom. The molecule has 2 rings (SSSR count). The molecule has 0 aromatic carbocycles. The van der Waals surface area contributed by atoms with Gasteiger partial charge in [-0.1, -0.05) is 35.3 Å². The Hall–Kier alpha value is -1.97. The summed E-state index contributed by atoms with van der Waals surface area (Å²) in [7, 11) is 0. The van der Waals surface area contributed by atoms with Gasteiger partial charge in [-0.15, -0.1) is 0 Å². The SMILES string of the molecule is FC(F)CNCc1ccc(Cl)nc1.O=C(NCc1ccc(Cl)nc1)C(F)F. The smallest absolute Gasteiger partial charge is 0.315 e. The van der Waals surface area contributed by atoms with Crippen LogP contribution in [0.2, 0.25) is 10.3 Å². The number of halogens is 6. The van der Waals surface area contributed by atoms with E-state index in [1.54, 1.807) is 24.4 Å². The Morgan fingerprint density at radius 3 is 1.85 bits per heavy atom. The molecule has 0 fully saturated rings. The van der Waals surface area contributed by atoms with E-state index in [0.717, 1.165) is 5.56 Å². The van der Waals surface area contributed by atoms with E-state index in [1.807, 2.05) is 5.32 Å². The molecule has 0 aliphatic rings. The summed E-state index contributed by atoms with van der Waals surface area (Å²) in [6, 6.07) is 6.49. The van der Waals surface area contributed by atoms with Gasteiger partial charge in [-0.05, 0) is 23.3 Å². The van der Waals surface area contributed by atoms with Gasteiger partial charge in [0.2, 0.25) is 0 Å². The van der Waals surface area contributed by atoms with Gasteiger partial charge in [-0.3, -0.25) is 4.79 Å². The minimum atomic E-state index is -2.99. The van der Waals surface area contributed by atoms with Crippen LogP contribution in [0.15, 0.2) is 36.7 Å². The molecule has 0 aliphatic carbocycles. The fraction of sp³-hybridized carbons (Fsp3) is 0.312. The van der Waals surface area contributed by atoms with E-state index in [2.05, 4.69) is 15.3 Å². The summed E-state index contributed by atoms with van der Waals surface area (Å²) in [4.78, 5) is 18.0. The summed E-state index contributed by atoms with van der Waals surface area (Å²) < 4.78 is 46.9. The van der Waals surface area contributed by atoms with Crippen LogP contribution in [0.1, 0.15) is 11.1 Å². The zero-order chi connectivity index (χ0) is 20.2. The first kappa shape index (κ1) is 23.1. The Kier molecular flexibility index (Phi) is 10.6. The topological polar surface area (TPSA) is 66.9 Å². The lowest BCUT2D eigenvalue weighted by atomic mass is 10.3. The number of nitrogens with zero attached hydrogens (tertiary/aromatic N) is 2. The summed E-state index contributed by atoms with van der Waals surface area (Å²) in [5.74, 6) is -1.29. The normalized spacial score (nSPS) is 10.5. The molecule has 0 aliphatic heterocycles. The molecule has 0 atom stereocenters. The van der Waals surface area contributed by atoms with Gasteiger partial charge in [0.15, 0.2) is 0 Å². The highest BCUT2D eigenvalue weighted by atomic mass is 35.5. The van der Waals surface area contributed by atoms with Gasteiger partial charge < -0.3 is 10.6 Å². The van der Waals surface area contributed by atoms with Crippen LogP contribution in [-0.2, 0) is 17.9 Å². The zero-order valence-corrected chi connectivity index (χ0v) is 15.3. The summed E-state index contributed by atoms with van der Waals surface area (Å²) in [6.45, 7) is 0.102. The number of rotatable bonds is 7. The predicted octanol–water partition coefficient (Wildman–Crippen LogP) is 3.71. The number of carbonyl (C=O) groups is 1. The molecule has 0 spiro atoms. The van der Waals surface area contributed by atoms with E-state index in [-0.39, 0.29) is 13.1 Å². The van der Waals surface area contributed by atoms with Gasteiger partial charge in [0.05, 0.1) is 6.54 Å². The largest absolute Gasteiger partial charge is 0.347 e. The van der Waals surface area contributed by atoms with Crippen LogP contribution in [-0.4, -0.2) is 35.3 Å². The highest BCUT2D eigenvalue weighted by molar-refractivity contribution is 6.29. The Balaban J connectivity index is 0.000000271. The van der Waals surface area contributed by atoms with Gasteiger partial charge in [-0.25, -0.2) is 18.7 Å². The molecule has 2 aromatic rings. The molecule has 11 heteroatoms. The van der Waals surface area contributed by atoms with Crippen LogP contribution in [0, 0.1) is 0 Å². The molecule has 1 amide bonds. The first-order valence-corrected chi connectivity index (χ1v) is 8.29. The molecule has 2 heterocycles. The lowest BCUT2D eigenvalue weighted by Crippen LogP contribution is -2.28. The number of hydrogen-bond donors (Lipinski definition) is 2. The quantitative estimate of drug-likeness (QED) is 0.523. The van der Waals surface area contributed by atoms with E-state index in [1.165, 1.54) is 12.3 Å². The van der Waals surface area contributed by atoms with E-state index in [9.17, 15) is 22.4 Å². The molecule has 0 bridgehead atoms. The number of nitrogens with one attached hydrogen (secondary N) is 2. The highest BCUT2D eigenvalue weighted by Gasteiger charge is 2.13. The third-order valence-electron chi connectivity index (χ3n) is 2.87. The molecule has 5 nitrogen and oxygen atoms in total. The molecular formula is C16H16Cl2F4N4O. The van der Waals surface area contributed by atoms with Crippen molar-refractivity contribution in [3.05, 3.63) is 58.1 Å². The number of hydrogen-bond acceptors (Lipinski definition) is 4. The van der Waals surface area contributed by atoms with Gasteiger partial charge in [0, 0.05) is 25.5 Å². The molecule has 2 N–H and O–H groups in total. The van der Waals surface area contributed by atoms with E-state index in [0.29, 0.717) is 22.4 Å². The summed E-state index contributed by atoms with van der Waals surface area (Å²) >= 11 is 11.1. The van der Waals surface area contributed by atoms with Crippen LogP contribution < -0.4 is 10.6 Å². The van der Waals surface area contributed by atoms with Gasteiger partial charge >= 0.3 is 6.43 Å². The van der Waals surface area contributed by atoms with Crippen molar-refractivity contribution in [3.8, 4) is 0 Å². The summed E-state index contributed by atoms with van der Waals surface area (Å²) in [5.41, 5.74) is 1.45. The number of pyridine rings is 2. The Labute approximate surface area is 163 Å². The second kappa shape index (κ2) is 12.4. The van der Waals surface area contributed by atoms with Crippen molar-refractivity contribution in [1.82, 2.24) is 20.6 Å². The second-order valence-electron chi connectivity index (χ2n) is 5.02. The van der Waals surface area contributed by atoms with Crippen molar-refractivity contribution in [3.63, 3.8) is 0 Å². The Bertz CT molecular complexity index is 688. The molecule has 27 heavy (non-hydrogen) atoms. The fourth-order valence-electron chi connectivity index (χ4n) is 1.61. The lowest BCUT2D eigenvalue weighted by molar-refractivity contribution is -0.131. The first-order chi connectivity index (χ1) is 12.8. The predicted molar refractivity (Wildman–Crippen MR) is 94.1 cm³/mol. The fourth-order valence-corrected chi connectivity index (χ4v) is 1.84. The molecule has 2 aromatic heterocycles. The number of aromatic nitrogens is 2. The highest BCUT2D eigenvalue weighted by Crippen LogP contribution is 2.05. The van der Waals surface area contributed by atoms with Gasteiger partial charge in [-0.2, -0.15) is 8.78 Å². The van der Waals surface area contributed by atoms with Crippen molar-refractivity contribution in [2.24, 2.45) is 0 Å². The van der Waals surface area contributed by atoms with E-state index >= 15 is 0 Å². The van der Waals surface area contributed by atoms with Crippen molar-refractivity contribution < 1.29 is 22.4 Å². The average Bonchev–Trinajstić information content (AvgIpc) is 2.63. The Morgan fingerprint density at radius 1 is 0.926 bits per heavy atom. The van der Waals surface area contributed by atoms with E-state index < -0.39 is 18.8 Å². The van der Waals surface area contributed by atoms with Crippen LogP contribution in [0.3, 0.4) is 0 Å². The maximum absolute atomic E-state index is 11.7. The molecule has 0 unspecified atom stereocenters. The zero-order valence-electron chi connectivity index (χ0n) is 13.8. The minimum Gasteiger partial charge on any atom is -0.347 e. The van der Waals surface area contributed by atoms with Gasteiger partial charge in [0.1, 0.15) is 10.3 Å². The molecule has 0 radical (unpaired) electrons. The molecule has 148 valence electrons. The van der Waals surface area contributed by atoms with Crippen molar-refractivity contribution in [1.29, 1.82) is 0 Å². The van der Waals surface area contributed by atoms with Crippen LogP contribution in [0.25, 0.3) is 0 Å². The third kappa shape index (κ3) is 10.7. The standard InChI is InChI=1S/C8H7ClF2N2O.C8H9ClF2N2/c9-6-2-1-5(3-12-6)4-13-8(14)7(10)11;9-7-2-1-6(4-13-7)3-12-5-8(10)11/h1-3,7H,4H2,(H,13,14);1-2,4,8,12H,3,5H2. The number of amides is 1. The molecule has 0 saturated heterocycles. The average molecular weight is 427 g/mol. The lowest BCUT2D eigenvalue weighted by Gasteiger charge is -2.03. The van der Waals surface area contributed by atoms with Crippen LogP contribution in [0.5, 0.6) is 0 Å². The molecule has 0 saturated carbocycles. The van der Waals surface area contributed by atoms with E-state index in [4.69, 9.17) is 23.2 Å². The first-order valence-electron chi connectivity index (χ1n) is 7.53. The van der Waals surface area contributed by atoms with Crippen molar-refractivity contribution >= 4 is 29.1 Å². The summed E-state index contributed by atoms with van der Waals surface area (Å²) in [6.07, 6.45) is -2.34. The second-order valence-corrected chi connectivity index (χ2v) is 5.79. The minimum absolute atomic E-state index is 0.0212. The maximum Gasteiger partial charge on any atom is 0.315 e. The maximum atomic E-state index is 11.7.